The van der Waals surface area contributed by atoms with Gasteiger partial charge in [0.1, 0.15) is 5.75 Å². The standard InChI is InChI=1S/C15H24N2O2/c1-5-11(3)10-17(6-2)15(18)12-7-8-14(19-4)13(16)9-12/h7-9,11H,5-6,10,16H2,1-4H3. The fraction of sp³-hybridized carbons (Fsp3) is 0.533. The van der Waals surface area contributed by atoms with E-state index in [2.05, 4.69) is 13.8 Å². The van der Waals surface area contributed by atoms with Crippen LogP contribution in [0.1, 0.15) is 37.6 Å². The summed E-state index contributed by atoms with van der Waals surface area (Å²) in [4.78, 5) is 14.3. The topological polar surface area (TPSA) is 55.6 Å². The lowest BCUT2D eigenvalue weighted by molar-refractivity contribution is 0.0741. The van der Waals surface area contributed by atoms with E-state index in [0.29, 0.717) is 29.5 Å². The lowest BCUT2D eigenvalue weighted by Gasteiger charge is -2.24. The number of methoxy groups -OCH3 is 1. The normalized spacial score (nSPS) is 12.0. The van der Waals surface area contributed by atoms with Crippen LogP contribution in [0.2, 0.25) is 0 Å². The zero-order valence-corrected chi connectivity index (χ0v) is 12.3. The number of benzene rings is 1. The Morgan fingerprint density at radius 2 is 2.11 bits per heavy atom. The molecule has 1 amide bonds. The van der Waals surface area contributed by atoms with Crippen molar-refractivity contribution in [1.29, 1.82) is 0 Å². The van der Waals surface area contributed by atoms with Gasteiger partial charge in [0.25, 0.3) is 5.91 Å². The number of nitrogens with two attached hydrogens (primary N) is 1. The van der Waals surface area contributed by atoms with Crippen molar-refractivity contribution in [3.8, 4) is 5.75 Å². The van der Waals surface area contributed by atoms with Crippen molar-refractivity contribution >= 4 is 11.6 Å². The fourth-order valence-corrected chi connectivity index (χ4v) is 1.91. The zero-order valence-electron chi connectivity index (χ0n) is 12.3. The van der Waals surface area contributed by atoms with Crippen LogP contribution in [-0.2, 0) is 0 Å². The number of nitrogen functional groups attached to an aromatic ring is 1. The Hall–Kier alpha value is -1.71. The van der Waals surface area contributed by atoms with Crippen LogP contribution in [0.4, 0.5) is 5.69 Å². The third-order valence-corrected chi connectivity index (χ3v) is 3.37. The summed E-state index contributed by atoms with van der Waals surface area (Å²) in [6, 6.07) is 5.18. The highest BCUT2D eigenvalue weighted by Crippen LogP contribution is 2.22. The molecule has 1 aromatic carbocycles. The molecule has 1 atom stereocenters. The van der Waals surface area contributed by atoms with Gasteiger partial charge in [-0.1, -0.05) is 20.3 Å². The molecule has 0 fully saturated rings. The van der Waals surface area contributed by atoms with E-state index in [1.807, 2.05) is 11.8 Å². The molecule has 19 heavy (non-hydrogen) atoms. The highest BCUT2D eigenvalue weighted by molar-refractivity contribution is 5.95. The molecule has 106 valence electrons. The number of hydrogen-bond acceptors (Lipinski definition) is 3. The SMILES string of the molecule is CCC(C)CN(CC)C(=O)c1ccc(OC)c(N)c1. The molecule has 0 aliphatic rings. The number of amides is 1. The van der Waals surface area contributed by atoms with Crippen molar-refractivity contribution in [2.45, 2.75) is 27.2 Å². The number of ether oxygens (including phenoxy) is 1. The lowest BCUT2D eigenvalue weighted by atomic mass is 10.1. The summed E-state index contributed by atoms with van der Waals surface area (Å²) in [5.41, 5.74) is 6.95. The van der Waals surface area contributed by atoms with E-state index >= 15 is 0 Å². The summed E-state index contributed by atoms with van der Waals surface area (Å²) in [5.74, 6) is 1.12. The van der Waals surface area contributed by atoms with Gasteiger partial charge in [0.15, 0.2) is 0 Å². The first-order valence-corrected chi connectivity index (χ1v) is 6.76. The molecule has 0 spiro atoms. The molecular formula is C15H24N2O2. The summed E-state index contributed by atoms with van der Waals surface area (Å²) in [6.45, 7) is 7.76. The summed E-state index contributed by atoms with van der Waals surface area (Å²) >= 11 is 0. The molecule has 0 heterocycles. The third kappa shape index (κ3) is 3.88. The molecule has 2 N–H and O–H groups in total. The maximum Gasteiger partial charge on any atom is 0.253 e. The second kappa shape index (κ2) is 7.02. The molecule has 0 aliphatic carbocycles. The summed E-state index contributed by atoms with van der Waals surface area (Å²) in [7, 11) is 1.56. The molecule has 0 aromatic heterocycles. The molecule has 1 unspecified atom stereocenters. The number of carbonyl (C=O) groups excluding carboxylic acids is 1. The van der Waals surface area contributed by atoms with E-state index in [1.165, 1.54) is 0 Å². The van der Waals surface area contributed by atoms with Gasteiger partial charge in [-0.3, -0.25) is 4.79 Å². The number of rotatable bonds is 6. The van der Waals surface area contributed by atoms with E-state index in [1.54, 1.807) is 25.3 Å². The van der Waals surface area contributed by atoms with Gasteiger partial charge in [0.05, 0.1) is 12.8 Å². The number of anilines is 1. The van der Waals surface area contributed by atoms with Crippen LogP contribution >= 0.6 is 0 Å². The Labute approximate surface area is 115 Å². The largest absolute Gasteiger partial charge is 0.495 e. The van der Waals surface area contributed by atoms with Crippen molar-refractivity contribution in [3.05, 3.63) is 23.8 Å². The maximum atomic E-state index is 12.4. The number of carbonyl (C=O) groups is 1. The van der Waals surface area contributed by atoms with Crippen LogP contribution in [0, 0.1) is 5.92 Å². The minimum absolute atomic E-state index is 0.0251. The molecule has 1 aromatic rings. The van der Waals surface area contributed by atoms with E-state index in [9.17, 15) is 4.79 Å². The van der Waals surface area contributed by atoms with Crippen molar-refractivity contribution in [1.82, 2.24) is 4.90 Å². The first kappa shape index (κ1) is 15.3. The maximum absolute atomic E-state index is 12.4. The molecular weight excluding hydrogens is 240 g/mol. The summed E-state index contributed by atoms with van der Waals surface area (Å²) in [5, 5.41) is 0. The first-order valence-electron chi connectivity index (χ1n) is 6.76. The van der Waals surface area contributed by atoms with Gasteiger partial charge in [-0.05, 0) is 31.0 Å². The van der Waals surface area contributed by atoms with Crippen molar-refractivity contribution in [3.63, 3.8) is 0 Å². The van der Waals surface area contributed by atoms with Crippen molar-refractivity contribution < 1.29 is 9.53 Å². The molecule has 4 nitrogen and oxygen atoms in total. The van der Waals surface area contributed by atoms with Crippen LogP contribution in [0.25, 0.3) is 0 Å². The monoisotopic (exact) mass is 264 g/mol. The van der Waals surface area contributed by atoms with Crippen LogP contribution in [0.5, 0.6) is 5.75 Å². The predicted molar refractivity (Wildman–Crippen MR) is 78.4 cm³/mol. The smallest absolute Gasteiger partial charge is 0.253 e. The van der Waals surface area contributed by atoms with Crippen LogP contribution in [0.3, 0.4) is 0 Å². The summed E-state index contributed by atoms with van der Waals surface area (Å²) < 4.78 is 5.10. The van der Waals surface area contributed by atoms with Gasteiger partial charge in [-0.2, -0.15) is 0 Å². The fourth-order valence-electron chi connectivity index (χ4n) is 1.91. The molecule has 0 saturated carbocycles. The lowest BCUT2D eigenvalue weighted by Crippen LogP contribution is -2.34. The average Bonchev–Trinajstić information content (AvgIpc) is 2.43. The Kier molecular flexibility index (Phi) is 5.67. The van der Waals surface area contributed by atoms with E-state index in [4.69, 9.17) is 10.5 Å². The Morgan fingerprint density at radius 3 is 2.58 bits per heavy atom. The van der Waals surface area contributed by atoms with Gasteiger partial charge in [0.2, 0.25) is 0 Å². The molecule has 0 radical (unpaired) electrons. The second-order valence-corrected chi connectivity index (χ2v) is 4.81. The predicted octanol–water partition coefficient (Wildman–Crippen LogP) is 2.79. The van der Waals surface area contributed by atoms with Gasteiger partial charge in [-0.15, -0.1) is 0 Å². The highest BCUT2D eigenvalue weighted by atomic mass is 16.5. The first-order chi connectivity index (χ1) is 9.03. The third-order valence-electron chi connectivity index (χ3n) is 3.37. The average molecular weight is 264 g/mol. The summed E-state index contributed by atoms with van der Waals surface area (Å²) in [6.07, 6.45) is 1.06. The minimum atomic E-state index is 0.0251. The quantitative estimate of drug-likeness (QED) is 0.804. The Morgan fingerprint density at radius 1 is 1.42 bits per heavy atom. The van der Waals surface area contributed by atoms with Gasteiger partial charge >= 0.3 is 0 Å². The van der Waals surface area contributed by atoms with Crippen LogP contribution < -0.4 is 10.5 Å². The van der Waals surface area contributed by atoms with Gasteiger partial charge in [0, 0.05) is 18.7 Å². The van der Waals surface area contributed by atoms with E-state index in [-0.39, 0.29) is 5.91 Å². The van der Waals surface area contributed by atoms with Crippen LogP contribution in [0.15, 0.2) is 18.2 Å². The second-order valence-electron chi connectivity index (χ2n) is 4.81. The van der Waals surface area contributed by atoms with Gasteiger partial charge in [-0.25, -0.2) is 0 Å². The van der Waals surface area contributed by atoms with Gasteiger partial charge < -0.3 is 15.4 Å². The van der Waals surface area contributed by atoms with Crippen LogP contribution in [-0.4, -0.2) is 31.0 Å². The number of hydrogen-bond donors (Lipinski definition) is 1. The molecule has 0 bridgehead atoms. The molecule has 0 aliphatic heterocycles. The van der Waals surface area contributed by atoms with Crippen molar-refractivity contribution in [2.75, 3.05) is 25.9 Å². The molecule has 0 saturated heterocycles. The Balaban J connectivity index is 2.88. The Bertz CT molecular complexity index is 432. The van der Waals surface area contributed by atoms with E-state index < -0.39 is 0 Å². The molecule has 1 rings (SSSR count). The van der Waals surface area contributed by atoms with E-state index in [0.717, 1.165) is 13.0 Å². The van der Waals surface area contributed by atoms with Crippen molar-refractivity contribution in [2.24, 2.45) is 5.92 Å². The minimum Gasteiger partial charge on any atom is -0.495 e. The highest BCUT2D eigenvalue weighted by Gasteiger charge is 2.17. The number of nitrogens with zero attached hydrogens (tertiary/aromatic N) is 1. The zero-order chi connectivity index (χ0) is 14.4. The molecule has 4 heteroatoms.